The normalized spacial score (nSPS) is 19.1. The lowest BCUT2D eigenvalue weighted by molar-refractivity contribution is 0.0401. The first kappa shape index (κ1) is 15.5. The van der Waals surface area contributed by atoms with Crippen LogP contribution in [0.2, 0.25) is 0 Å². The molecule has 1 aromatic rings. The number of hydrogen-bond acceptors (Lipinski definition) is 3. The zero-order chi connectivity index (χ0) is 14.2. The van der Waals surface area contributed by atoms with Crippen LogP contribution in [0.15, 0.2) is 30.3 Å². The van der Waals surface area contributed by atoms with Crippen LogP contribution in [-0.2, 0) is 4.74 Å². The van der Waals surface area contributed by atoms with Crippen LogP contribution in [-0.4, -0.2) is 44.3 Å². The molecular formula is C17H28N2O. The van der Waals surface area contributed by atoms with Crippen molar-refractivity contribution in [1.29, 1.82) is 0 Å². The van der Waals surface area contributed by atoms with Crippen molar-refractivity contribution in [2.75, 3.05) is 33.3 Å². The van der Waals surface area contributed by atoms with E-state index in [0.29, 0.717) is 12.1 Å². The summed E-state index contributed by atoms with van der Waals surface area (Å²) in [7, 11) is 1.83. The molecule has 0 amide bonds. The number of likely N-dealkylation sites (tertiary alicyclic amines) is 1. The first-order valence-corrected chi connectivity index (χ1v) is 7.87. The highest BCUT2D eigenvalue weighted by atomic mass is 16.5. The fraction of sp³-hybridized carbons (Fsp3) is 0.647. The predicted molar refractivity (Wildman–Crippen MR) is 83.9 cm³/mol. The third-order valence-electron chi connectivity index (χ3n) is 4.25. The molecule has 1 atom stereocenters. The first-order chi connectivity index (χ1) is 9.83. The number of nitrogens with one attached hydrogen (secondary N) is 1. The molecular weight excluding hydrogens is 248 g/mol. The Labute approximate surface area is 123 Å². The highest BCUT2D eigenvalue weighted by Gasteiger charge is 2.19. The van der Waals surface area contributed by atoms with Gasteiger partial charge in [-0.25, -0.2) is 0 Å². The van der Waals surface area contributed by atoms with E-state index in [9.17, 15) is 0 Å². The number of nitrogens with zero attached hydrogens (tertiary/aromatic N) is 1. The summed E-state index contributed by atoms with van der Waals surface area (Å²) in [6, 6.07) is 11.3. The second kappa shape index (κ2) is 8.40. The van der Waals surface area contributed by atoms with E-state index in [4.69, 9.17) is 4.74 Å². The van der Waals surface area contributed by atoms with Gasteiger partial charge in [0.1, 0.15) is 0 Å². The molecule has 1 aliphatic heterocycles. The van der Waals surface area contributed by atoms with Gasteiger partial charge in [-0.1, -0.05) is 37.3 Å². The van der Waals surface area contributed by atoms with Crippen molar-refractivity contribution >= 4 is 0 Å². The van der Waals surface area contributed by atoms with Crippen LogP contribution >= 0.6 is 0 Å². The minimum absolute atomic E-state index is 0.473. The van der Waals surface area contributed by atoms with Gasteiger partial charge < -0.3 is 15.0 Å². The molecule has 3 nitrogen and oxygen atoms in total. The molecule has 1 N–H and O–H groups in total. The van der Waals surface area contributed by atoms with E-state index >= 15 is 0 Å². The maximum absolute atomic E-state index is 5.43. The Kier molecular flexibility index (Phi) is 6.51. The quantitative estimate of drug-likeness (QED) is 0.829. The van der Waals surface area contributed by atoms with Gasteiger partial charge >= 0.3 is 0 Å². The standard InChI is InChI=1S/C17H28N2O/c1-3-18-17(15-7-5-4-6-8-15)11-14-19-12-9-16(20-2)10-13-19/h4-8,16-18H,3,9-14H2,1-2H3. The van der Waals surface area contributed by atoms with Gasteiger partial charge in [-0.15, -0.1) is 0 Å². The Morgan fingerprint density at radius 2 is 1.95 bits per heavy atom. The van der Waals surface area contributed by atoms with E-state index in [1.54, 1.807) is 0 Å². The van der Waals surface area contributed by atoms with Crippen molar-refractivity contribution in [2.24, 2.45) is 0 Å². The minimum Gasteiger partial charge on any atom is -0.381 e. The highest BCUT2D eigenvalue weighted by molar-refractivity contribution is 5.18. The number of hydrogen-bond donors (Lipinski definition) is 1. The van der Waals surface area contributed by atoms with Gasteiger partial charge in [0.25, 0.3) is 0 Å². The number of ether oxygens (including phenoxy) is 1. The largest absolute Gasteiger partial charge is 0.381 e. The summed E-state index contributed by atoms with van der Waals surface area (Å²) < 4.78 is 5.43. The Bertz CT molecular complexity index is 361. The number of benzene rings is 1. The van der Waals surface area contributed by atoms with Crippen LogP contribution in [0.25, 0.3) is 0 Å². The summed E-state index contributed by atoms with van der Waals surface area (Å²) in [5, 5.41) is 3.61. The minimum atomic E-state index is 0.473. The van der Waals surface area contributed by atoms with Gasteiger partial charge in [0.15, 0.2) is 0 Å². The molecule has 1 unspecified atom stereocenters. The van der Waals surface area contributed by atoms with Crippen molar-refractivity contribution < 1.29 is 4.74 Å². The Balaban J connectivity index is 1.81. The van der Waals surface area contributed by atoms with Crippen LogP contribution in [0, 0.1) is 0 Å². The number of rotatable bonds is 7. The smallest absolute Gasteiger partial charge is 0.0595 e. The van der Waals surface area contributed by atoms with Crippen LogP contribution in [0.3, 0.4) is 0 Å². The van der Waals surface area contributed by atoms with Crippen LogP contribution in [0.5, 0.6) is 0 Å². The van der Waals surface area contributed by atoms with Crippen LogP contribution in [0.4, 0.5) is 0 Å². The monoisotopic (exact) mass is 276 g/mol. The van der Waals surface area contributed by atoms with E-state index in [-0.39, 0.29) is 0 Å². The van der Waals surface area contributed by atoms with E-state index in [1.807, 2.05) is 7.11 Å². The maximum atomic E-state index is 5.43. The summed E-state index contributed by atoms with van der Waals surface area (Å²) in [5.74, 6) is 0. The lowest BCUT2D eigenvalue weighted by Crippen LogP contribution is -2.38. The zero-order valence-corrected chi connectivity index (χ0v) is 12.8. The molecule has 0 aromatic heterocycles. The van der Waals surface area contributed by atoms with E-state index < -0.39 is 0 Å². The van der Waals surface area contributed by atoms with E-state index in [1.165, 1.54) is 44.5 Å². The summed E-state index contributed by atoms with van der Waals surface area (Å²) in [6.07, 6.45) is 4.00. The SMILES string of the molecule is CCNC(CCN1CCC(OC)CC1)c1ccccc1. The molecule has 20 heavy (non-hydrogen) atoms. The van der Waals surface area contributed by atoms with Gasteiger partial charge in [0.05, 0.1) is 6.10 Å². The number of methoxy groups -OCH3 is 1. The van der Waals surface area contributed by atoms with Gasteiger partial charge in [0, 0.05) is 26.2 Å². The zero-order valence-electron chi connectivity index (χ0n) is 12.8. The van der Waals surface area contributed by atoms with Crippen molar-refractivity contribution in [3.8, 4) is 0 Å². The second-order valence-corrected chi connectivity index (χ2v) is 5.59. The summed E-state index contributed by atoms with van der Waals surface area (Å²) in [6.45, 7) is 6.71. The molecule has 1 aromatic carbocycles. The van der Waals surface area contributed by atoms with Crippen LogP contribution < -0.4 is 5.32 Å². The molecule has 1 aliphatic rings. The first-order valence-electron chi connectivity index (χ1n) is 7.87. The third kappa shape index (κ3) is 4.58. The Morgan fingerprint density at radius 3 is 2.55 bits per heavy atom. The average Bonchev–Trinajstić information content (AvgIpc) is 2.53. The lowest BCUT2D eigenvalue weighted by atomic mass is 10.0. The van der Waals surface area contributed by atoms with Crippen LogP contribution in [0.1, 0.15) is 37.8 Å². The Hall–Kier alpha value is -0.900. The molecule has 0 saturated carbocycles. The molecule has 112 valence electrons. The Morgan fingerprint density at radius 1 is 1.25 bits per heavy atom. The maximum Gasteiger partial charge on any atom is 0.0595 e. The highest BCUT2D eigenvalue weighted by Crippen LogP contribution is 2.19. The lowest BCUT2D eigenvalue weighted by Gasteiger charge is -2.32. The van der Waals surface area contributed by atoms with Gasteiger partial charge in [-0.2, -0.15) is 0 Å². The molecule has 1 saturated heterocycles. The number of piperidine rings is 1. The second-order valence-electron chi connectivity index (χ2n) is 5.59. The summed E-state index contributed by atoms with van der Waals surface area (Å²) in [5.41, 5.74) is 1.40. The van der Waals surface area contributed by atoms with Crippen molar-refractivity contribution in [3.63, 3.8) is 0 Å². The molecule has 2 rings (SSSR count). The third-order valence-corrected chi connectivity index (χ3v) is 4.25. The molecule has 0 aliphatic carbocycles. The molecule has 1 heterocycles. The fourth-order valence-electron chi connectivity index (χ4n) is 3.00. The predicted octanol–water partition coefficient (Wildman–Crippen LogP) is 2.84. The molecule has 0 bridgehead atoms. The van der Waals surface area contributed by atoms with Gasteiger partial charge in [-0.05, 0) is 37.9 Å². The molecule has 0 spiro atoms. The van der Waals surface area contributed by atoms with Crippen molar-refractivity contribution in [3.05, 3.63) is 35.9 Å². The van der Waals surface area contributed by atoms with E-state index in [2.05, 4.69) is 47.5 Å². The van der Waals surface area contributed by atoms with E-state index in [0.717, 1.165) is 6.54 Å². The fourth-order valence-corrected chi connectivity index (χ4v) is 3.00. The summed E-state index contributed by atoms with van der Waals surface area (Å²) in [4.78, 5) is 2.57. The molecule has 1 fully saturated rings. The van der Waals surface area contributed by atoms with Gasteiger partial charge in [-0.3, -0.25) is 0 Å². The van der Waals surface area contributed by atoms with Crippen molar-refractivity contribution in [1.82, 2.24) is 10.2 Å². The molecule has 3 heteroatoms. The molecule has 0 radical (unpaired) electrons. The van der Waals surface area contributed by atoms with Gasteiger partial charge in [0.2, 0.25) is 0 Å². The topological polar surface area (TPSA) is 24.5 Å². The van der Waals surface area contributed by atoms with Crippen molar-refractivity contribution in [2.45, 2.75) is 38.3 Å². The average molecular weight is 276 g/mol. The summed E-state index contributed by atoms with van der Waals surface area (Å²) >= 11 is 0.